The number of nitrogens with one attached hydrogen (secondary N) is 1. The molecule has 1 aromatic heterocycles. The van der Waals surface area contributed by atoms with Gasteiger partial charge in [-0.05, 0) is 12.6 Å². The van der Waals surface area contributed by atoms with Crippen LogP contribution < -0.4 is 15.8 Å². The number of nitrogens with zero attached hydrogens (tertiary/aromatic N) is 1. The van der Waals surface area contributed by atoms with Crippen LogP contribution in [0, 0.1) is 0 Å². The van der Waals surface area contributed by atoms with Gasteiger partial charge in [0.15, 0.2) is 0 Å². The average molecular weight is 326 g/mol. The fraction of sp³-hybridized carbons (Fsp3) is 0.286. The predicted molar refractivity (Wildman–Crippen MR) is 84.3 cm³/mol. The fourth-order valence-corrected chi connectivity index (χ4v) is 2.96. The number of amides is 1. The summed E-state index contributed by atoms with van der Waals surface area (Å²) in [4.78, 5) is 16.5. The first kappa shape index (κ1) is 15.8. The van der Waals surface area contributed by atoms with Gasteiger partial charge in [0.25, 0.3) is 5.91 Å². The Kier molecular flexibility index (Phi) is 5.17. The maximum Gasteiger partial charge on any atom is 0.271 e. The van der Waals surface area contributed by atoms with Crippen molar-refractivity contribution in [1.29, 1.82) is 0 Å². The topological polar surface area (TPSA) is 77.2 Å². The van der Waals surface area contributed by atoms with E-state index in [1.807, 2.05) is 24.3 Å². The van der Waals surface area contributed by atoms with Crippen LogP contribution in [-0.4, -0.2) is 24.0 Å². The highest BCUT2D eigenvalue weighted by molar-refractivity contribution is 7.09. The smallest absolute Gasteiger partial charge is 0.271 e. The number of carbonyl (C=O) groups excluding carboxylic acids is 1. The van der Waals surface area contributed by atoms with E-state index in [1.165, 1.54) is 11.3 Å². The molecule has 0 radical (unpaired) electrons. The summed E-state index contributed by atoms with van der Waals surface area (Å²) in [5.74, 6) is 0.662. The van der Waals surface area contributed by atoms with Gasteiger partial charge in [-0.3, -0.25) is 4.79 Å². The zero-order valence-electron chi connectivity index (χ0n) is 11.2. The van der Waals surface area contributed by atoms with E-state index in [0.29, 0.717) is 25.3 Å². The van der Waals surface area contributed by atoms with Gasteiger partial charge in [-0.2, -0.15) is 0 Å². The summed E-state index contributed by atoms with van der Waals surface area (Å²) in [5.41, 5.74) is 6.94. The molecule has 21 heavy (non-hydrogen) atoms. The van der Waals surface area contributed by atoms with Gasteiger partial charge < -0.3 is 15.8 Å². The second kappa shape index (κ2) is 6.89. The highest BCUT2D eigenvalue weighted by Gasteiger charge is 2.26. The summed E-state index contributed by atoms with van der Waals surface area (Å²) in [6.45, 7) is 1.00. The molecule has 1 atom stereocenters. The molecule has 0 aliphatic carbocycles. The molecule has 0 bridgehead atoms. The summed E-state index contributed by atoms with van der Waals surface area (Å²) in [7, 11) is 0. The van der Waals surface area contributed by atoms with E-state index in [4.69, 9.17) is 10.5 Å². The van der Waals surface area contributed by atoms with Crippen LogP contribution in [0.5, 0.6) is 5.75 Å². The summed E-state index contributed by atoms with van der Waals surface area (Å²) >= 11 is 1.46. The van der Waals surface area contributed by atoms with Crippen molar-refractivity contribution in [1.82, 2.24) is 10.3 Å². The van der Waals surface area contributed by atoms with Gasteiger partial charge in [-0.25, -0.2) is 4.98 Å². The van der Waals surface area contributed by atoms with Gasteiger partial charge in [0.1, 0.15) is 18.1 Å². The zero-order chi connectivity index (χ0) is 13.9. The molecule has 1 amide bonds. The molecule has 2 heterocycles. The van der Waals surface area contributed by atoms with Crippen LogP contribution in [0.15, 0.2) is 29.6 Å². The number of aromatic nitrogens is 1. The SMILES string of the molecule is Cl.NCCc1nc(C(=O)NC2COc3ccccc32)cs1. The summed E-state index contributed by atoms with van der Waals surface area (Å²) < 4.78 is 5.54. The molecule has 3 N–H and O–H groups in total. The van der Waals surface area contributed by atoms with Crippen LogP contribution in [0.1, 0.15) is 27.1 Å². The van der Waals surface area contributed by atoms with E-state index in [1.54, 1.807) is 5.38 Å². The summed E-state index contributed by atoms with van der Waals surface area (Å²) in [6.07, 6.45) is 0.702. The quantitative estimate of drug-likeness (QED) is 0.900. The number of fused-ring (bicyclic) bond motifs is 1. The van der Waals surface area contributed by atoms with E-state index in [2.05, 4.69) is 10.3 Å². The van der Waals surface area contributed by atoms with Gasteiger partial charge in [0, 0.05) is 17.4 Å². The molecule has 0 saturated carbocycles. The number of halogens is 1. The lowest BCUT2D eigenvalue weighted by atomic mass is 10.1. The largest absolute Gasteiger partial charge is 0.491 e. The Balaban J connectivity index is 0.00000161. The van der Waals surface area contributed by atoms with Crippen molar-refractivity contribution < 1.29 is 9.53 Å². The van der Waals surface area contributed by atoms with Crippen LogP contribution in [0.2, 0.25) is 0 Å². The van der Waals surface area contributed by atoms with Crippen LogP contribution in [0.25, 0.3) is 0 Å². The van der Waals surface area contributed by atoms with Crippen molar-refractivity contribution in [3.05, 3.63) is 45.9 Å². The van der Waals surface area contributed by atoms with E-state index in [-0.39, 0.29) is 24.4 Å². The molecule has 1 aromatic carbocycles. The van der Waals surface area contributed by atoms with Crippen molar-refractivity contribution in [3.8, 4) is 5.75 Å². The molecule has 1 aliphatic rings. The predicted octanol–water partition coefficient (Wildman–Crippen LogP) is 1.93. The lowest BCUT2D eigenvalue weighted by Crippen LogP contribution is -2.29. The van der Waals surface area contributed by atoms with Crippen molar-refractivity contribution in [2.24, 2.45) is 5.73 Å². The van der Waals surface area contributed by atoms with Crippen LogP contribution in [0.3, 0.4) is 0 Å². The van der Waals surface area contributed by atoms with E-state index >= 15 is 0 Å². The molecule has 3 rings (SSSR count). The minimum atomic E-state index is -0.171. The normalized spacial score (nSPS) is 15.8. The first-order valence-electron chi connectivity index (χ1n) is 6.45. The Labute approximate surface area is 132 Å². The molecule has 5 nitrogen and oxygen atoms in total. The van der Waals surface area contributed by atoms with E-state index in [9.17, 15) is 4.79 Å². The number of benzene rings is 1. The van der Waals surface area contributed by atoms with Gasteiger partial charge in [0.2, 0.25) is 0 Å². The maximum absolute atomic E-state index is 12.2. The average Bonchev–Trinajstić information content (AvgIpc) is 3.07. The molecule has 1 aliphatic heterocycles. The highest BCUT2D eigenvalue weighted by atomic mass is 35.5. The summed E-state index contributed by atoms with van der Waals surface area (Å²) in [6, 6.07) is 7.62. The molecule has 0 saturated heterocycles. The van der Waals surface area contributed by atoms with Crippen LogP contribution in [0.4, 0.5) is 0 Å². The third-order valence-corrected chi connectivity index (χ3v) is 4.06. The second-order valence-corrected chi connectivity index (χ2v) is 5.48. The minimum absolute atomic E-state index is 0. The van der Waals surface area contributed by atoms with Gasteiger partial charge in [-0.1, -0.05) is 18.2 Å². The Bertz CT molecular complexity index is 632. The van der Waals surface area contributed by atoms with E-state index < -0.39 is 0 Å². The lowest BCUT2D eigenvalue weighted by Gasteiger charge is -2.10. The molecular formula is C14H16ClN3O2S. The number of para-hydroxylation sites is 1. The van der Waals surface area contributed by atoms with Gasteiger partial charge in [0.05, 0.1) is 11.0 Å². The molecule has 0 spiro atoms. The molecule has 112 valence electrons. The third kappa shape index (κ3) is 3.34. The Morgan fingerprint density at radius 1 is 1.48 bits per heavy atom. The van der Waals surface area contributed by atoms with Gasteiger partial charge in [-0.15, -0.1) is 23.7 Å². The monoisotopic (exact) mass is 325 g/mol. The standard InChI is InChI=1S/C14H15N3O2S.ClH/c15-6-5-13-16-11(8-20-13)14(18)17-10-7-19-12-4-2-1-3-9(10)12;/h1-4,8,10H,5-7,15H2,(H,17,18);1H. The van der Waals surface area contributed by atoms with Crippen molar-refractivity contribution in [3.63, 3.8) is 0 Å². The van der Waals surface area contributed by atoms with Crippen LogP contribution >= 0.6 is 23.7 Å². The Hall–Kier alpha value is -1.63. The second-order valence-electron chi connectivity index (χ2n) is 4.54. The molecule has 7 heteroatoms. The maximum atomic E-state index is 12.2. The summed E-state index contributed by atoms with van der Waals surface area (Å²) in [5, 5.41) is 5.61. The third-order valence-electron chi connectivity index (χ3n) is 3.15. The number of ether oxygens (including phenoxy) is 1. The number of nitrogens with two attached hydrogens (primary N) is 1. The fourth-order valence-electron chi connectivity index (χ4n) is 2.17. The highest BCUT2D eigenvalue weighted by Crippen LogP contribution is 2.31. The first-order valence-corrected chi connectivity index (χ1v) is 7.33. The number of hydrogen-bond donors (Lipinski definition) is 2. The van der Waals surface area contributed by atoms with Crippen molar-refractivity contribution in [2.75, 3.05) is 13.2 Å². The number of carbonyl (C=O) groups is 1. The molecule has 0 fully saturated rings. The molecule has 2 aromatic rings. The van der Waals surface area contributed by atoms with Gasteiger partial charge >= 0.3 is 0 Å². The zero-order valence-corrected chi connectivity index (χ0v) is 12.9. The van der Waals surface area contributed by atoms with E-state index in [0.717, 1.165) is 16.3 Å². The Morgan fingerprint density at radius 3 is 3.10 bits per heavy atom. The number of rotatable bonds is 4. The number of thiazole rings is 1. The van der Waals surface area contributed by atoms with Crippen LogP contribution in [-0.2, 0) is 6.42 Å². The lowest BCUT2D eigenvalue weighted by molar-refractivity contribution is 0.0926. The number of hydrogen-bond acceptors (Lipinski definition) is 5. The first-order chi connectivity index (χ1) is 9.78. The van der Waals surface area contributed by atoms with Crippen molar-refractivity contribution >= 4 is 29.7 Å². The molecular weight excluding hydrogens is 310 g/mol. The van der Waals surface area contributed by atoms with Crippen molar-refractivity contribution in [2.45, 2.75) is 12.5 Å². The molecule has 1 unspecified atom stereocenters. The minimum Gasteiger partial charge on any atom is -0.491 e. The Morgan fingerprint density at radius 2 is 2.29 bits per heavy atom.